The second-order valence-corrected chi connectivity index (χ2v) is 11.5. The van der Waals surface area contributed by atoms with Crippen molar-refractivity contribution in [3.05, 3.63) is 111 Å². The predicted molar refractivity (Wildman–Crippen MR) is 155 cm³/mol. The maximum atomic E-state index is 13.9. The Bertz CT molecular complexity index is 1880. The molecule has 0 spiro atoms. The number of benzene rings is 2. The number of anilines is 1. The molecule has 4 heterocycles. The number of halogens is 6. The third kappa shape index (κ3) is 5.15. The van der Waals surface area contributed by atoms with Crippen molar-refractivity contribution in [3.63, 3.8) is 0 Å². The topological polar surface area (TPSA) is 80.0 Å². The van der Waals surface area contributed by atoms with Crippen LogP contribution in [0.1, 0.15) is 44.9 Å². The van der Waals surface area contributed by atoms with Crippen LogP contribution in [0.25, 0.3) is 10.9 Å². The van der Waals surface area contributed by atoms with E-state index in [1.807, 2.05) is 6.92 Å². The molecule has 1 N–H and O–H groups in total. The van der Waals surface area contributed by atoms with Gasteiger partial charge in [0.05, 0.1) is 41.1 Å². The van der Waals surface area contributed by atoms with Gasteiger partial charge in [-0.05, 0) is 55.3 Å². The van der Waals surface area contributed by atoms with Gasteiger partial charge in [-0.2, -0.15) is 13.2 Å². The number of hydrogen-bond acceptors (Lipinski definition) is 6. The number of nitrogens with zero attached hydrogens (tertiary/aromatic N) is 6. The largest absolute Gasteiger partial charge is 0.416 e. The van der Waals surface area contributed by atoms with Crippen molar-refractivity contribution in [2.75, 3.05) is 18.0 Å². The van der Waals surface area contributed by atoms with Crippen LogP contribution in [0.15, 0.2) is 60.8 Å². The van der Waals surface area contributed by atoms with Gasteiger partial charge in [0.2, 0.25) is 0 Å². The Morgan fingerprint density at radius 2 is 1.64 bits per heavy atom. The van der Waals surface area contributed by atoms with E-state index in [0.717, 1.165) is 17.8 Å². The van der Waals surface area contributed by atoms with Crippen LogP contribution >= 0.6 is 11.6 Å². The molecular formula is C31H26ClF5N6O. The zero-order valence-corrected chi connectivity index (χ0v) is 24.5. The minimum Gasteiger partial charge on any atom is -0.374 e. The number of aryl methyl sites for hydroxylation is 3. The summed E-state index contributed by atoms with van der Waals surface area (Å²) in [5.74, 6) is -2.67. The molecule has 0 saturated carbocycles. The molecule has 228 valence electrons. The van der Waals surface area contributed by atoms with Gasteiger partial charge in [-0.25, -0.2) is 18.4 Å². The van der Waals surface area contributed by atoms with E-state index in [1.165, 1.54) is 27.9 Å². The summed E-state index contributed by atoms with van der Waals surface area (Å²) in [6.07, 6.45) is -3.01. The number of hydrogen-bond donors (Lipinski definition) is 1. The second-order valence-electron chi connectivity index (χ2n) is 11.1. The summed E-state index contributed by atoms with van der Waals surface area (Å²) in [7, 11) is 1.65. The highest BCUT2D eigenvalue weighted by atomic mass is 35.5. The molecule has 44 heavy (non-hydrogen) atoms. The van der Waals surface area contributed by atoms with Crippen molar-refractivity contribution in [2.45, 2.75) is 38.0 Å². The Balaban J connectivity index is 1.53. The first-order chi connectivity index (χ1) is 20.7. The van der Waals surface area contributed by atoms with E-state index in [9.17, 15) is 27.1 Å². The number of pyridine rings is 2. The first-order valence-corrected chi connectivity index (χ1v) is 14.0. The van der Waals surface area contributed by atoms with Gasteiger partial charge in [0, 0.05) is 41.4 Å². The van der Waals surface area contributed by atoms with Gasteiger partial charge in [-0.15, -0.1) is 5.10 Å². The summed E-state index contributed by atoms with van der Waals surface area (Å²) >= 11 is 7.01. The fraction of sp³-hybridized carbons (Fsp3) is 0.290. The van der Waals surface area contributed by atoms with Crippen LogP contribution in [0.5, 0.6) is 0 Å². The Kier molecular flexibility index (Phi) is 7.12. The van der Waals surface area contributed by atoms with Crippen LogP contribution in [-0.2, 0) is 25.2 Å². The lowest BCUT2D eigenvalue weighted by molar-refractivity contribution is -0.137. The van der Waals surface area contributed by atoms with Gasteiger partial charge in [0.25, 0.3) is 5.92 Å². The average Bonchev–Trinajstić information content (AvgIpc) is 3.38. The normalized spacial score (nSPS) is 16.2. The van der Waals surface area contributed by atoms with Crippen molar-refractivity contribution in [1.82, 2.24) is 25.0 Å². The zero-order valence-electron chi connectivity index (χ0n) is 23.8. The summed E-state index contributed by atoms with van der Waals surface area (Å²) in [6, 6.07) is 13.1. The molecule has 13 heteroatoms. The molecule has 2 aromatic carbocycles. The van der Waals surface area contributed by atoms with Crippen molar-refractivity contribution < 1.29 is 27.1 Å². The number of fused-ring (bicyclic) bond motifs is 1. The SMILES string of the molecule is Cc1ccc(C(O)(c2ccc3nc(N4CC(F)(F)C4)c(Cc4ccc(C(F)(F)F)cc4)c(Cl)c3c2)c2cnnn2C)c(C)n1. The van der Waals surface area contributed by atoms with Crippen molar-refractivity contribution in [3.8, 4) is 0 Å². The highest BCUT2D eigenvalue weighted by Gasteiger charge is 2.46. The lowest BCUT2D eigenvalue weighted by Crippen LogP contribution is -2.57. The Morgan fingerprint density at radius 3 is 2.23 bits per heavy atom. The summed E-state index contributed by atoms with van der Waals surface area (Å²) in [4.78, 5) is 10.6. The molecule has 1 aliphatic rings. The lowest BCUT2D eigenvalue weighted by Gasteiger charge is -2.40. The molecule has 7 nitrogen and oxygen atoms in total. The van der Waals surface area contributed by atoms with E-state index >= 15 is 0 Å². The number of rotatable bonds is 6. The maximum Gasteiger partial charge on any atom is 0.416 e. The first kappa shape index (κ1) is 29.9. The van der Waals surface area contributed by atoms with Crippen LogP contribution in [0, 0.1) is 13.8 Å². The first-order valence-electron chi connectivity index (χ1n) is 13.6. The molecule has 0 radical (unpaired) electrons. The zero-order chi connectivity index (χ0) is 31.6. The minimum atomic E-state index is -4.50. The van der Waals surface area contributed by atoms with Crippen LogP contribution in [-0.4, -0.2) is 49.1 Å². The molecular weight excluding hydrogens is 603 g/mol. The summed E-state index contributed by atoms with van der Waals surface area (Å²) < 4.78 is 68.8. The fourth-order valence-electron chi connectivity index (χ4n) is 5.70. The molecule has 1 aliphatic heterocycles. The molecule has 0 aliphatic carbocycles. The number of alkyl halides is 5. The lowest BCUT2D eigenvalue weighted by atomic mass is 9.82. The molecule has 3 aromatic heterocycles. The maximum absolute atomic E-state index is 13.9. The van der Waals surface area contributed by atoms with Crippen LogP contribution in [0.4, 0.5) is 27.8 Å². The molecule has 6 rings (SSSR count). The number of aromatic nitrogens is 5. The molecule has 0 amide bonds. The molecule has 5 aromatic rings. The highest BCUT2D eigenvalue weighted by Crippen LogP contribution is 2.43. The Labute approximate surface area is 253 Å². The third-order valence-electron chi connectivity index (χ3n) is 7.92. The van der Waals surface area contributed by atoms with Gasteiger partial charge < -0.3 is 10.0 Å². The van der Waals surface area contributed by atoms with Gasteiger partial charge in [0.1, 0.15) is 5.82 Å². The van der Waals surface area contributed by atoms with E-state index in [0.29, 0.717) is 44.5 Å². The van der Waals surface area contributed by atoms with Gasteiger partial charge in [-0.3, -0.25) is 4.98 Å². The highest BCUT2D eigenvalue weighted by molar-refractivity contribution is 6.36. The minimum absolute atomic E-state index is 0.0401. The van der Waals surface area contributed by atoms with Crippen molar-refractivity contribution >= 4 is 28.3 Å². The predicted octanol–water partition coefficient (Wildman–Crippen LogP) is 6.38. The summed E-state index contributed by atoms with van der Waals surface area (Å²) in [6.45, 7) is 2.50. The average molecular weight is 629 g/mol. The molecule has 1 saturated heterocycles. The smallest absolute Gasteiger partial charge is 0.374 e. The molecule has 1 atom stereocenters. The Morgan fingerprint density at radius 1 is 0.955 bits per heavy atom. The Hall–Kier alpha value is -4.16. The summed E-state index contributed by atoms with van der Waals surface area (Å²) in [5.41, 5.74) is 1.28. The van der Waals surface area contributed by atoms with E-state index < -0.39 is 36.4 Å². The van der Waals surface area contributed by atoms with Crippen LogP contribution < -0.4 is 4.90 Å². The van der Waals surface area contributed by atoms with Crippen molar-refractivity contribution in [2.24, 2.45) is 7.05 Å². The molecule has 1 unspecified atom stereocenters. The van der Waals surface area contributed by atoms with E-state index in [1.54, 1.807) is 44.3 Å². The van der Waals surface area contributed by atoms with Gasteiger partial charge in [0.15, 0.2) is 5.60 Å². The fourth-order valence-corrected chi connectivity index (χ4v) is 6.00. The monoisotopic (exact) mass is 628 g/mol. The third-order valence-corrected chi connectivity index (χ3v) is 8.35. The molecule has 0 bridgehead atoms. The van der Waals surface area contributed by atoms with E-state index in [-0.39, 0.29) is 17.3 Å². The van der Waals surface area contributed by atoms with Gasteiger partial charge >= 0.3 is 6.18 Å². The number of aliphatic hydroxyl groups is 1. The quantitative estimate of drug-likeness (QED) is 0.220. The summed E-state index contributed by atoms with van der Waals surface area (Å²) in [5, 5.41) is 21.1. The van der Waals surface area contributed by atoms with E-state index in [4.69, 9.17) is 11.6 Å². The molecule has 1 fully saturated rings. The van der Waals surface area contributed by atoms with E-state index in [2.05, 4.69) is 20.3 Å². The standard InChI is InChI=1S/C31H26ClF5N6O/c1-17-4-10-24(18(2)39-17)30(44,26-14-38-41-42(26)3)21-9-11-25-22(13-21)27(32)23(28(40-25)43-15-29(33,34)16-43)12-19-5-7-20(8-6-19)31(35,36)37/h4-11,13-14,44H,12,15-16H2,1-3H3. The van der Waals surface area contributed by atoms with Gasteiger partial charge in [-0.1, -0.05) is 41.1 Å². The second kappa shape index (κ2) is 10.5. The van der Waals surface area contributed by atoms with Crippen molar-refractivity contribution in [1.29, 1.82) is 0 Å². The van der Waals surface area contributed by atoms with Crippen LogP contribution in [0.2, 0.25) is 5.02 Å². The van der Waals surface area contributed by atoms with Crippen LogP contribution in [0.3, 0.4) is 0 Å².